The van der Waals surface area contributed by atoms with Crippen molar-refractivity contribution in [3.05, 3.63) is 39.4 Å². The van der Waals surface area contributed by atoms with Crippen molar-refractivity contribution in [3.63, 3.8) is 0 Å². The van der Waals surface area contributed by atoms with E-state index >= 15 is 0 Å². The SMILES string of the molecule is Cc1ccc(CNCCC(O)C(C)C)cc1[N+](=O)[O-]. The molecule has 5 heteroatoms. The fraction of sp³-hybridized carbons (Fsp3) is 0.571. The molecule has 0 heterocycles. The second-order valence-electron chi connectivity index (χ2n) is 5.15. The Labute approximate surface area is 113 Å². The van der Waals surface area contributed by atoms with E-state index in [1.54, 1.807) is 19.1 Å². The van der Waals surface area contributed by atoms with E-state index in [1.165, 1.54) is 0 Å². The number of hydrogen-bond donors (Lipinski definition) is 2. The van der Waals surface area contributed by atoms with Crippen molar-refractivity contribution >= 4 is 5.69 Å². The maximum absolute atomic E-state index is 10.8. The Morgan fingerprint density at radius 2 is 2.11 bits per heavy atom. The number of aliphatic hydroxyl groups excluding tert-OH is 1. The van der Waals surface area contributed by atoms with Crippen LogP contribution in [0.3, 0.4) is 0 Å². The second-order valence-corrected chi connectivity index (χ2v) is 5.15. The summed E-state index contributed by atoms with van der Waals surface area (Å²) in [5, 5.41) is 23.7. The molecule has 19 heavy (non-hydrogen) atoms. The van der Waals surface area contributed by atoms with Gasteiger partial charge in [0.2, 0.25) is 0 Å². The number of nitrogens with one attached hydrogen (secondary N) is 1. The fourth-order valence-corrected chi connectivity index (χ4v) is 1.78. The summed E-state index contributed by atoms with van der Waals surface area (Å²) < 4.78 is 0. The molecule has 0 saturated carbocycles. The summed E-state index contributed by atoms with van der Waals surface area (Å²) in [7, 11) is 0. The Morgan fingerprint density at radius 1 is 1.42 bits per heavy atom. The van der Waals surface area contributed by atoms with E-state index in [9.17, 15) is 15.2 Å². The summed E-state index contributed by atoms with van der Waals surface area (Å²) in [6.07, 6.45) is 0.380. The van der Waals surface area contributed by atoms with Crippen molar-refractivity contribution in [1.82, 2.24) is 5.32 Å². The van der Waals surface area contributed by atoms with Crippen LogP contribution in [0.5, 0.6) is 0 Å². The molecule has 0 aliphatic carbocycles. The number of nitro groups is 1. The molecule has 5 nitrogen and oxygen atoms in total. The number of rotatable bonds is 7. The molecule has 106 valence electrons. The van der Waals surface area contributed by atoms with Gasteiger partial charge in [0, 0.05) is 18.2 Å². The Kier molecular flexibility index (Phi) is 5.92. The van der Waals surface area contributed by atoms with Crippen molar-refractivity contribution in [2.24, 2.45) is 5.92 Å². The first kappa shape index (κ1) is 15.6. The lowest BCUT2D eigenvalue weighted by Crippen LogP contribution is -2.23. The van der Waals surface area contributed by atoms with Gasteiger partial charge in [0.25, 0.3) is 5.69 Å². The maximum atomic E-state index is 10.8. The number of nitrogens with zero attached hydrogens (tertiary/aromatic N) is 1. The van der Waals surface area contributed by atoms with Crippen molar-refractivity contribution in [2.45, 2.75) is 39.8 Å². The molecule has 1 unspecified atom stereocenters. The van der Waals surface area contributed by atoms with E-state index in [0.29, 0.717) is 25.1 Å². The third-order valence-electron chi connectivity index (χ3n) is 3.19. The monoisotopic (exact) mass is 266 g/mol. The first-order valence-corrected chi connectivity index (χ1v) is 6.54. The normalized spacial score (nSPS) is 12.7. The standard InChI is InChI=1S/C14H22N2O3/c1-10(2)14(17)6-7-15-9-12-5-4-11(3)13(8-12)16(18)19/h4-5,8,10,14-15,17H,6-7,9H2,1-3H3. The predicted octanol–water partition coefficient (Wildman–Crippen LogP) is 2.40. The molecule has 2 N–H and O–H groups in total. The van der Waals surface area contributed by atoms with E-state index in [0.717, 1.165) is 5.56 Å². The van der Waals surface area contributed by atoms with Crippen LogP contribution in [0, 0.1) is 23.0 Å². The van der Waals surface area contributed by atoms with Crippen molar-refractivity contribution in [3.8, 4) is 0 Å². The van der Waals surface area contributed by atoms with E-state index in [2.05, 4.69) is 5.32 Å². The molecule has 1 aromatic carbocycles. The highest BCUT2D eigenvalue weighted by atomic mass is 16.6. The lowest BCUT2D eigenvalue weighted by molar-refractivity contribution is -0.385. The first-order valence-electron chi connectivity index (χ1n) is 6.54. The largest absolute Gasteiger partial charge is 0.393 e. The number of benzene rings is 1. The highest BCUT2D eigenvalue weighted by molar-refractivity contribution is 5.42. The van der Waals surface area contributed by atoms with E-state index < -0.39 is 0 Å². The summed E-state index contributed by atoms with van der Waals surface area (Å²) in [6, 6.07) is 5.24. The molecule has 0 bridgehead atoms. The van der Waals surface area contributed by atoms with Crippen LogP contribution < -0.4 is 5.32 Å². The average Bonchev–Trinajstić information content (AvgIpc) is 2.35. The zero-order chi connectivity index (χ0) is 14.4. The van der Waals surface area contributed by atoms with Crippen LogP contribution in [-0.2, 0) is 6.54 Å². The van der Waals surface area contributed by atoms with Crippen LogP contribution in [0.15, 0.2) is 18.2 Å². The number of hydrogen-bond acceptors (Lipinski definition) is 4. The van der Waals surface area contributed by atoms with Gasteiger partial charge in [-0.2, -0.15) is 0 Å². The number of aryl methyl sites for hydroxylation is 1. The number of aliphatic hydroxyl groups is 1. The van der Waals surface area contributed by atoms with Gasteiger partial charge in [0.1, 0.15) is 0 Å². The third kappa shape index (κ3) is 4.96. The summed E-state index contributed by atoms with van der Waals surface area (Å²) in [5.41, 5.74) is 1.71. The topological polar surface area (TPSA) is 75.4 Å². The van der Waals surface area contributed by atoms with E-state index in [-0.39, 0.29) is 22.6 Å². The van der Waals surface area contributed by atoms with Crippen LogP contribution in [0.25, 0.3) is 0 Å². The zero-order valence-electron chi connectivity index (χ0n) is 11.7. The number of nitro benzene ring substituents is 1. The van der Waals surface area contributed by atoms with Crippen molar-refractivity contribution < 1.29 is 10.0 Å². The maximum Gasteiger partial charge on any atom is 0.272 e. The lowest BCUT2D eigenvalue weighted by atomic mass is 10.0. The minimum Gasteiger partial charge on any atom is -0.393 e. The molecular weight excluding hydrogens is 244 g/mol. The summed E-state index contributed by atoms with van der Waals surface area (Å²) >= 11 is 0. The highest BCUT2D eigenvalue weighted by Gasteiger charge is 2.11. The summed E-state index contributed by atoms with van der Waals surface area (Å²) in [4.78, 5) is 10.5. The molecule has 0 aliphatic rings. The van der Waals surface area contributed by atoms with Gasteiger partial charge in [0.15, 0.2) is 0 Å². The molecule has 1 rings (SSSR count). The quantitative estimate of drug-likeness (QED) is 0.451. The summed E-state index contributed by atoms with van der Waals surface area (Å²) in [6.45, 7) is 6.96. The minimum atomic E-state index is -0.360. The Bertz CT molecular complexity index is 433. The van der Waals surface area contributed by atoms with Gasteiger partial charge >= 0.3 is 0 Å². The molecule has 1 aromatic rings. The minimum absolute atomic E-state index is 0.154. The Hall–Kier alpha value is -1.46. The smallest absolute Gasteiger partial charge is 0.272 e. The van der Waals surface area contributed by atoms with Crippen LogP contribution >= 0.6 is 0 Å². The molecule has 1 atom stereocenters. The van der Waals surface area contributed by atoms with E-state index in [1.807, 2.05) is 19.9 Å². The predicted molar refractivity (Wildman–Crippen MR) is 75.0 cm³/mol. The van der Waals surface area contributed by atoms with Gasteiger partial charge in [-0.05, 0) is 31.4 Å². The van der Waals surface area contributed by atoms with E-state index in [4.69, 9.17) is 0 Å². The average molecular weight is 266 g/mol. The Morgan fingerprint density at radius 3 is 2.68 bits per heavy atom. The molecule has 0 aliphatic heterocycles. The zero-order valence-corrected chi connectivity index (χ0v) is 11.7. The Balaban J connectivity index is 2.46. The highest BCUT2D eigenvalue weighted by Crippen LogP contribution is 2.19. The van der Waals surface area contributed by atoms with Crippen LogP contribution in [0.2, 0.25) is 0 Å². The van der Waals surface area contributed by atoms with Gasteiger partial charge in [0.05, 0.1) is 11.0 Å². The molecule has 0 amide bonds. The van der Waals surface area contributed by atoms with Crippen LogP contribution in [-0.4, -0.2) is 22.7 Å². The van der Waals surface area contributed by atoms with Gasteiger partial charge in [-0.3, -0.25) is 10.1 Å². The molecule has 0 spiro atoms. The van der Waals surface area contributed by atoms with Crippen molar-refractivity contribution in [2.75, 3.05) is 6.54 Å². The molecule has 0 radical (unpaired) electrons. The third-order valence-corrected chi connectivity index (χ3v) is 3.19. The molecule has 0 saturated heterocycles. The van der Waals surface area contributed by atoms with Gasteiger partial charge in [-0.15, -0.1) is 0 Å². The van der Waals surface area contributed by atoms with Crippen LogP contribution in [0.1, 0.15) is 31.4 Å². The van der Waals surface area contributed by atoms with Crippen LogP contribution in [0.4, 0.5) is 5.69 Å². The first-order chi connectivity index (χ1) is 8.91. The summed E-state index contributed by atoms with van der Waals surface area (Å²) in [5.74, 6) is 0.252. The van der Waals surface area contributed by atoms with Crippen molar-refractivity contribution in [1.29, 1.82) is 0 Å². The lowest BCUT2D eigenvalue weighted by Gasteiger charge is -2.14. The van der Waals surface area contributed by atoms with Gasteiger partial charge in [-0.25, -0.2) is 0 Å². The second kappa shape index (κ2) is 7.21. The molecule has 0 fully saturated rings. The molecular formula is C14H22N2O3. The molecule has 0 aromatic heterocycles. The van der Waals surface area contributed by atoms with Gasteiger partial charge < -0.3 is 10.4 Å². The fourth-order valence-electron chi connectivity index (χ4n) is 1.78. The van der Waals surface area contributed by atoms with Gasteiger partial charge in [-0.1, -0.05) is 26.0 Å².